The van der Waals surface area contributed by atoms with Crippen LogP contribution in [0.1, 0.15) is 39.5 Å². The molecule has 0 spiro atoms. The fourth-order valence-corrected chi connectivity index (χ4v) is 4.38. The van der Waals surface area contributed by atoms with Gasteiger partial charge in [-0.25, -0.2) is 0 Å². The van der Waals surface area contributed by atoms with Gasteiger partial charge in [-0.1, -0.05) is 50.4 Å². The Hall–Kier alpha value is -0.353. The SMILES string of the molecule is CCCCO[Si](C)(OCCCC)c1cccc(Cl)c1. The molecule has 0 aliphatic rings. The summed E-state index contributed by atoms with van der Waals surface area (Å²) in [6.07, 6.45) is 4.41. The molecular weight excluding hydrogens is 276 g/mol. The first-order valence-corrected chi connectivity index (χ1v) is 9.85. The maximum absolute atomic E-state index is 6.12. The molecule has 0 amide bonds. The molecule has 2 nitrogen and oxygen atoms in total. The molecule has 0 atom stereocenters. The molecule has 0 N–H and O–H groups in total. The van der Waals surface area contributed by atoms with E-state index in [1.807, 2.05) is 18.2 Å². The van der Waals surface area contributed by atoms with Crippen LogP contribution in [0.5, 0.6) is 0 Å². The van der Waals surface area contributed by atoms with Crippen molar-refractivity contribution in [2.75, 3.05) is 13.2 Å². The number of halogens is 1. The van der Waals surface area contributed by atoms with Gasteiger partial charge < -0.3 is 8.85 Å². The van der Waals surface area contributed by atoms with E-state index in [1.165, 1.54) is 0 Å². The highest BCUT2D eigenvalue weighted by Crippen LogP contribution is 2.14. The molecule has 0 radical (unpaired) electrons. The van der Waals surface area contributed by atoms with Gasteiger partial charge in [0.2, 0.25) is 0 Å². The molecule has 0 fully saturated rings. The lowest BCUT2D eigenvalue weighted by Crippen LogP contribution is -2.51. The zero-order chi connectivity index (χ0) is 14.1. The minimum atomic E-state index is -2.32. The third kappa shape index (κ3) is 5.65. The topological polar surface area (TPSA) is 18.5 Å². The Kier molecular flexibility index (Phi) is 7.69. The van der Waals surface area contributed by atoms with E-state index in [2.05, 4.69) is 26.5 Å². The molecule has 0 saturated heterocycles. The van der Waals surface area contributed by atoms with Crippen LogP contribution in [-0.4, -0.2) is 21.8 Å². The van der Waals surface area contributed by atoms with Crippen LogP contribution in [0.25, 0.3) is 0 Å². The summed E-state index contributed by atoms with van der Waals surface area (Å²) in [5.74, 6) is 0. The van der Waals surface area contributed by atoms with Crippen molar-refractivity contribution in [1.29, 1.82) is 0 Å². The number of benzene rings is 1. The Morgan fingerprint density at radius 1 is 1.05 bits per heavy atom. The molecule has 0 saturated carbocycles. The lowest BCUT2D eigenvalue weighted by Gasteiger charge is -2.27. The van der Waals surface area contributed by atoms with Crippen LogP contribution in [0.4, 0.5) is 0 Å². The first kappa shape index (κ1) is 16.7. The number of hydrogen-bond acceptors (Lipinski definition) is 2. The maximum atomic E-state index is 6.12. The van der Waals surface area contributed by atoms with Crippen molar-refractivity contribution in [3.05, 3.63) is 29.3 Å². The molecule has 1 aromatic rings. The van der Waals surface area contributed by atoms with Gasteiger partial charge in [0.1, 0.15) is 0 Å². The molecule has 0 aromatic heterocycles. The summed E-state index contributed by atoms with van der Waals surface area (Å²) in [5.41, 5.74) is 0. The van der Waals surface area contributed by atoms with Crippen molar-refractivity contribution in [2.24, 2.45) is 0 Å². The minimum Gasteiger partial charge on any atom is -0.391 e. The molecule has 0 aliphatic carbocycles. The fourth-order valence-electron chi connectivity index (χ4n) is 1.80. The van der Waals surface area contributed by atoms with Gasteiger partial charge in [-0.2, -0.15) is 0 Å². The van der Waals surface area contributed by atoms with E-state index in [-0.39, 0.29) is 0 Å². The average molecular weight is 301 g/mol. The van der Waals surface area contributed by atoms with E-state index in [1.54, 1.807) is 0 Å². The van der Waals surface area contributed by atoms with Crippen LogP contribution >= 0.6 is 11.6 Å². The van der Waals surface area contributed by atoms with Crippen LogP contribution in [-0.2, 0) is 8.85 Å². The summed E-state index contributed by atoms with van der Waals surface area (Å²) in [5, 5.41) is 1.86. The molecule has 0 heterocycles. The fraction of sp³-hybridized carbons (Fsp3) is 0.600. The van der Waals surface area contributed by atoms with Gasteiger partial charge in [0, 0.05) is 18.2 Å². The summed E-state index contributed by atoms with van der Waals surface area (Å²) in [6, 6.07) is 7.90. The number of rotatable bonds is 9. The molecule has 4 heteroatoms. The second kappa shape index (κ2) is 8.75. The highest BCUT2D eigenvalue weighted by Gasteiger charge is 2.34. The number of hydrogen-bond donors (Lipinski definition) is 0. The summed E-state index contributed by atoms with van der Waals surface area (Å²) < 4.78 is 12.2. The highest BCUT2D eigenvalue weighted by molar-refractivity contribution is 6.80. The Labute approximate surface area is 123 Å². The van der Waals surface area contributed by atoms with E-state index >= 15 is 0 Å². The third-order valence-corrected chi connectivity index (χ3v) is 6.20. The van der Waals surface area contributed by atoms with E-state index < -0.39 is 8.56 Å². The standard InChI is InChI=1S/C15H25ClO2Si/c1-4-6-11-17-19(3,18-12-7-5-2)15-10-8-9-14(16)13-15/h8-10,13H,4-7,11-12H2,1-3H3. The zero-order valence-electron chi connectivity index (χ0n) is 12.2. The smallest absolute Gasteiger partial charge is 0.369 e. The van der Waals surface area contributed by atoms with Crippen molar-refractivity contribution in [1.82, 2.24) is 0 Å². The van der Waals surface area contributed by atoms with Crippen molar-refractivity contribution in [3.63, 3.8) is 0 Å². The van der Waals surface area contributed by atoms with E-state index in [0.29, 0.717) is 0 Å². The zero-order valence-corrected chi connectivity index (χ0v) is 14.0. The van der Waals surface area contributed by atoms with Crippen molar-refractivity contribution in [3.8, 4) is 0 Å². The predicted molar refractivity (Wildman–Crippen MR) is 84.4 cm³/mol. The first-order valence-electron chi connectivity index (χ1n) is 7.16. The van der Waals surface area contributed by atoms with Gasteiger partial charge in [0.15, 0.2) is 0 Å². The van der Waals surface area contributed by atoms with Gasteiger partial charge in [-0.15, -0.1) is 0 Å². The lowest BCUT2D eigenvalue weighted by molar-refractivity contribution is 0.181. The van der Waals surface area contributed by atoms with Gasteiger partial charge in [-0.05, 0) is 36.7 Å². The van der Waals surface area contributed by atoms with Crippen LogP contribution in [0.15, 0.2) is 24.3 Å². The van der Waals surface area contributed by atoms with Crippen LogP contribution in [0, 0.1) is 0 Å². The second-order valence-electron chi connectivity index (χ2n) is 4.86. The number of unbranched alkanes of at least 4 members (excludes halogenated alkanes) is 2. The molecule has 0 unspecified atom stereocenters. The Balaban J connectivity index is 2.77. The van der Waals surface area contributed by atoms with E-state index in [9.17, 15) is 0 Å². The molecule has 19 heavy (non-hydrogen) atoms. The van der Waals surface area contributed by atoms with Crippen molar-refractivity contribution < 1.29 is 8.85 Å². The van der Waals surface area contributed by atoms with Gasteiger partial charge in [-0.3, -0.25) is 0 Å². The van der Waals surface area contributed by atoms with Crippen molar-refractivity contribution in [2.45, 2.75) is 46.1 Å². The summed E-state index contributed by atoms with van der Waals surface area (Å²) >= 11 is 6.08. The summed E-state index contributed by atoms with van der Waals surface area (Å²) in [6.45, 7) is 7.97. The molecule has 1 rings (SSSR count). The monoisotopic (exact) mass is 300 g/mol. The summed E-state index contributed by atoms with van der Waals surface area (Å²) in [4.78, 5) is 0. The molecule has 108 valence electrons. The largest absolute Gasteiger partial charge is 0.391 e. The van der Waals surface area contributed by atoms with E-state index in [0.717, 1.165) is 49.1 Å². The predicted octanol–water partition coefficient (Wildman–Crippen LogP) is 4.25. The highest BCUT2D eigenvalue weighted by atomic mass is 35.5. The summed E-state index contributed by atoms with van der Waals surface area (Å²) in [7, 11) is -2.32. The molecule has 1 aromatic carbocycles. The molecule has 0 aliphatic heterocycles. The average Bonchev–Trinajstić information content (AvgIpc) is 2.39. The van der Waals surface area contributed by atoms with Gasteiger partial charge in [0.05, 0.1) is 0 Å². The normalized spacial score (nSPS) is 11.8. The van der Waals surface area contributed by atoms with Crippen LogP contribution in [0.3, 0.4) is 0 Å². The Bertz CT molecular complexity index is 361. The second-order valence-corrected chi connectivity index (χ2v) is 8.34. The molecular formula is C15H25ClO2Si. The quantitative estimate of drug-likeness (QED) is 0.501. The van der Waals surface area contributed by atoms with Crippen LogP contribution < -0.4 is 5.19 Å². The van der Waals surface area contributed by atoms with Gasteiger partial charge in [0.25, 0.3) is 0 Å². The lowest BCUT2D eigenvalue weighted by atomic mass is 10.4. The molecule has 0 bridgehead atoms. The van der Waals surface area contributed by atoms with Gasteiger partial charge >= 0.3 is 8.56 Å². The Morgan fingerprint density at radius 2 is 1.63 bits per heavy atom. The third-order valence-electron chi connectivity index (χ3n) is 3.10. The van der Waals surface area contributed by atoms with Crippen molar-refractivity contribution >= 4 is 25.3 Å². The van der Waals surface area contributed by atoms with Crippen LogP contribution in [0.2, 0.25) is 11.6 Å². The minimum absolute atomic E-state index is 0.745. The first-order chi connectivity index (χ1) is 9.12. The van der Waals surface area contributed by atoms with E-state index in [4.69, 9.17) is 20.5 Å². The Morgan fingerprint density at radius 3 is 2.11 bits per heavy atom. The maximum Gasteiger partial charge on any atom is 0.369 e.